The van der Waals surface area contributed by atoms with Crippen molar-refractivity contribution in [3.05, 3.63) is 11.3 Å². The average molecular weight is 200 g/mol. The van der Waals surface area contributed by atoms with Crippen LogP contribution in [0.5, 0.6) is 0 Å². The van der Waals surface area contributed by atoms with Crippen LogP contribution in [-0.4, -0.2) is 20.7 Å². The molecule has 0 amide bonds. The number of carbonyl (C=O) groups excluding carboxylic acids is 1. The van der Waals surface area contributed by atoms with Crippen LogP contribution in [-0.2, 0) is 9.53 Å². The van der Waals surface area contributed by atoms with Crippen molar-refractivity contribution in [2.75, 3.05) is 6.61 Å². The molecule has 0 saturated carbocycles. The van der Waals surface area contributed by atoms with E-state index in [1.54, 1.807) is 0 Å². The van der Waals surface area contributed by atoms with Gasteiger partial charge in [-0.2, -0.15) is 0 Å². The quantitative estimate of drug-likeness (QED) is 0.515. The first kappa shape index (κ1) is 12.4. The Bertz CT molecular complexity index is 201. The van der Waals surface area contributed by atoms with Crippen molar-refractivity contribution in [2.45, 2.75) is 39.9 Å². The highest BCUT2D eigenvalue weighted by atomic mass is 28.3. The summed E-state index contributed by atoms with van der Waals surface area (Å²) in [5, 5.41) is 1.36. The first-order valence-corrected chi connectivity index (χ1v) is 8.20. The van der Waals surface area contributed by atoms with Crippen molar-refractivity contribution in [3.8, 4) is 0 Å². The van der Waals surface area contributed by atoms with E-state index in [4.69, 9.17) is 4.74 Å². The van der Waals surface area contributed by atoms with Crippen LogP contribution in [0, 0.1) is 0 Å². The van der Waals surface area contributed by atoms with Gasteiger partial charge in [0.1, 0.15) is 0 Å². The smallest absolute Gasteiger partial charge is 0.309 e. The van der Waals surface area contributed by atoms with E-state index in [1.165, 1.54) is 5.20 Å². The third kappa shape index (κ3) is 5.63. The minimum absolute atomic E-state index is 0.125. The zero-order valence-electron chi connectivity index (χ0n) is 9.31. The lowest BCUT2D eigenvalue weighted by Gasteiger charge is -2.16. The fourth-order valence-corrected chi connectivity index (χ4v) is 1.48. The highest BCUT2D eigenvalue weighted by Crippen LogP contribution is 2.13. The fraction of sp³-hybridized carbons (Fsp3) is 0.700. The van der Waals surface area contributed by atoms with Gasteiger partial charge in [-0.05, 0) is 13.8 Å². The molecular formula is C10H20O2Si. The molecule has 76 valence electrons. The monoisotopic (exact) mass is 200 g/mol. The maximum absolute atomic E-state index is 11.0. The lowest BCUT2D eigenvalue weighted by Crippen LogP contribution is -2.22. The van der Waals surface area contributed by atoms with Gasteiger partial charge < -0.3 is 4.74 Å². The van der Waals surface area contributed by atoms with Crippen LogP contribution in [0.3, 0.4) is 0 Å². The first-order valence-electron chi connectivity index (χ1n) is 4.70. The predicted octanol–water partition coefficient (Wildman–Crippen LogP) is 2.76. The number of carbonyl (C=O) groups is 1. The summed E-state index contributed by atoms with van der Waals surface area (Å²) in [6.07, 6.45) is 2.42. The molecule has 0 heterocycles. The second kappa shape index (κ2) is 5.22. The van der Waals surface area contributed by atoms with Crippen molar-refractivity contribution in [1.82, 2.24) is 0 Å². The highest BCUT2D eigenvalue weighted by Gasteiger charge is 2.15. The second-order valence-corrected chi connectivity index (χ2v) is 9.43. The fourth-order valence-electron chi connectivity index (χ4n) is 0.763. The van der Waals surface area contributed by atoms with Crippen molar-refractivity contribution >= 4 is 14.0 Å². The summed E-state index contributed by atoms with van der Waals surface area (Å²) in [5.41, 5.74) is 0. The molecule has 0 fully saturated rings. The molecule has 0 bridgehead atoms. The van der Waals surface area contributed by atoms with Crippen molar-refractivity contribution in [2.24, 2.45) is 0 Å². The standard InChI is InChI=1S/C10H20O2Si/c1-6-12-10(11)8-7-9(2)13(3,4)5/h7H,6,8H2,1-5H3/b9-7-. The van der Waals surface area contributed by atoms with Crippen molar-refractivity contribution < 1.29 is 9.53 Å². The molecule has 0 aromatic rings. The molecule has 0 aliphatic rings. The molecule has 0 unspecified atom stereocenters. The van der Waals surface area contributed by atoms with Gasteiger partial charge in [-0.1, -0.05) is 30.9 Å². The normalized spacial score (nSPS) is 12.8. The molecule has 0 radical (unpaired) electrons. The van der Waals surface area contributed by atoms with Crippen molar-refractivity contribution in [3.63, 3.8) is 0 Å². The van der Waals surface area contributed by atoms with Gasteiger partial charge in [0.25, 0.3) is 0 Å². The van der Waals surface area contributed by atoms with Gasteiger partial charge in [0.2, 0.25) is 0 Å². The van der Waals surface area contributed by atoms with Gasteiger partial charge in [0, 0.05) is 0 Å². The minimum atomic E-state index is -1.20. The van der Waals surface area contributed by atoms with E-state index in [0.717, 1.165) is 0 Å². The average Bonchev–Trinajstić information content (AvgIpc) is 1.99. The summed E-state index contributed by atoms with van der Waals surface area (Å²) in [6, 6.07) is 0. The largest absolute Gasteiger partial charge is 0.466 e. The highest BCUT2D eigenvalue weighted by molar-refractivity contribution is 6.82. The molecule has 0 atom stereocenters. The zero-order valence-corrected chi connectivity index (χ0v) is 10.3. The van der Waals surface area contributed by atoms with E-state index >= 15 is 0 Å². The van der Waals surface area contributed by atoms with Crippen molar-refractivity contribution in [1.29, 1.82) is 0 Å². The number of hydrogen-bond donors (Lipinski definition) is 0. The third-order valence-corrected chi connectivity index (χ3v) is 4.63. The lowest BCUT2D eigenvalue weighted by atomic mass is 10.4. The van der Waals surface area contributed by atoms with Crippen LogP contribution >= 0.6 is 0 Å². The second-order valence-electron chi connectivity index (χ2n) is 4.15. The summed E-state index contributed by atoms with van der Waals surface area (Å²) < 4.78 is 4.84. The Morgan fingerprint density at radius 2 is 1.92 bits per heavy atom. The Morgan fingerprint density at radius 1 is 1.38 bits per heavy atom. The Labute approximate surface area is 82.0 Å². The Hall–Kier alpha value is -0.573. The van der Waals surface area contributed by atoms with Crippen LogP contribution in [0.15, 0.2) is 11.3 Å². The summed E-state index contributed by atoms with van der Waals surface area (Å²) in [7, 11) is -1.20. The van der Waals surface area contributed by atoms with Crippen LogP contribution in [0.4, 0.5) is 0 Å². The maximum atomic E-state index is 11.0. The Kier molecular flexibility index (Phi) is 4.99. The summed E-state index contributed by atoms with van der Waals surface area (Å²) in [6.45, 7) is 11.2. The van der Waals surface area contributed by atoms with E-state index in [1.807, 2.05) is 13.0 Å². The third-order valence-electron chi connectivity index (χ3n) is 2.06. The number of hydrogen-bond acceptors (Lipinski definition) is 2. The lowest BCUT2D eigenvalue weighted by molar-refractivity contribution is -0.142. The molecule has 0 saturated heterocycles. The number of rotatable bonds is 4. The van der Waals surface area contributed by atoms with Crippen LogP contribution in [0.1, 0.15) is 20.3 Å². The topological polar surface area (TPSA) is 26.3 Å². The van der Waals surface area contributed by atoms with E-state index in [-0.39, 0.29) is 5.97 Å². The summed E-state index contributed by atoms with van der Waals surface area (Å²) >= 11 is 0. The first-order chi connectivity index (χ1) is 5.88. The SMILES string of the molecule is CCOC(=O)C/C=C(/C)[Si](C)(C)C. The summed E-state index contributed by atoms with van der Waals surface area (Å²) in [4.78, 5) is 11.0. The van der Waals surface area contributed by atoms with Gasteiger partial charge in [0.15, 0.2) is 0 Å². The molecule has 0 aliphatic carbocycles. The Morgan fingerprint density at radius 3 is 2.31 bits per heavy atom. The minimum Gasteiger partial charge on any atom is -0.466 e. The van der Waals surface area contributed by atoms with Crippen LogP contribution in [0.25, 0.3) is 0 Å². The molecule has 2 nitrogen and oxygen atoms in total. The van der Waals surface area contributed by atoms with E-state index in [2.05, 4.69) is 26.6 Å². The molecule has 0 spiro atoms. The van der Waals surface area contributed by atoms with Crippen LogP contribution in [0.2, 0.25) is 19.6 Å². The van der Waals surface area contributed by atoms with Gasteiger partial charge >= 0.3 is 5.97 Å². The molecule has 0 rings (SSSR count). The molecular weight excluding hydrogens is 180 g/mol. The van der Waals surface area contributed by atoms with Gasteiger partial charge in [0.05, 0.1) is 21.1 Å². The number of esters is 1. The molecule has 0 aliphatic heterocycles. The molecule has 13 heavy (non-hydrogen) atoms. The van der Waals surface area contributed by atoms with Gasteiger partial charge in [-0.3, -0.25) is 4.79 Å². The molecule has 0 N–H and O–H groups in total. The maximum Gasteiger partial charge on any atom is 0.309 e. The Balaban J connectivity index is 4.05. The number of allylic oxidation sites excluding steroid dienone is 1. The predicted molar refractivity (Wildman–Crippen MR) is 58.4 cm³/mol. The molecule has 0 aromatic carbocycles. The molecule has 0 aromatic heterocycles. The van der Waals surface area contributed by atoms with Gasteiger partial charge in [-0.25, -0.2) is 0 Å². The van der Waals surface area contributed by atoms with Crippen LogP contribution < -0.4 is 0 Å². The van der Waals surface area contributed by atoms with Gasteiger partial charge in [-0.15, -0.1) is 0 Å². The zero-order chi connectivity index (χ0) is 10.5. The number of ether oxygens (including phenoxy) is 1. The van der Waals surface area contributed by atoms with E-state index in [9.17, 15) is 4.79 Å². The van der Waals surface area contributed by atoms with E-state index < -0.39 is 8.07 Å². The molecule has 3 heteroatoms. The summed E-state index contributed by atoms with van der Waals surface area (Å²) in [5.74, 6) is -0.125. The van der Waals surface area contributed by atoms with E-state index in [0.29, 0.717) is 13.0 Å².